The van der Waals surface area contributed by atoms with Crippen LogP contribution in [0.1, 0.15) is 81.8 Å². The monoisotopic (exact) mass is 670 g/mol. The van der Waals surface area contributed by atoms with Gasteiger partial charge in [0.1, 0.15) is 11.8 Å². The Bertz CT molecular complexity index is 2050. The number of hydrogen-bond acceptors (Lipinski definition) is 9. The van der Waals surface area contributed by atoms with Gasteiger partial charge < -0.3 is 14.7 Å². The van der Waals surface area contributed by atoms with Gasteiger partial charge in [-0.25, -0.2) is 0 Å². The number of aryl methyl sites for hydroxylation is 3. The van der Waals surface area contributed by atoms with Crippen LogP contribution in [0.5, 0.6) is 0 Å². The van der Waals surface area contributed by atoms with Gasteiger partial charge in [-0.05, 0) is 106 Å². The second-order valence-corrected chi connectivity index (χ2v) is 13.4. The zero-order valence-corrected chi connectivity index (χ0v) is 28.3. The van der Waals surface area contributed by atoms with E-state index < -0.39 is 29.7 Å². The fourth-order valence-corrected chi connectivity index (χ4v) is 7.10. The number of fused-ring (bicyclic) bond motifs is 1. The van der Waals surface area contributed by atoms with Crippen LogP contribution < -0.4 is 15.5 Å². The zero-order valence-electron chi connectivity index (χ0n) is 28.3. The van der Waals surface area contributed by atoms with Crippen molar-refractivity contribution in [2.24, 2.45) is 0 Å². The van der Waals surface area contributed by atoms with E-state index in [1.807, 2.05) is 13.8 Å². The maximum Gasteiger partial charge on any atom is 0.262 e. The minimum Gasteiger partial charge on any atom is -0.385 e. The SMILES string of the molecule is Cc1ccc(-c2c(C)noc2C)cc1N(CCCCNc1ccc2c(c1)C(=O)N(C1CCC(=O)NC1=O)C2=O)c1ccc(C2(C#N)CC2)cc1. The number of aromatic nitrogens is 1. The predicted molar refractivity (Wildman–Crippen MR) is 187 cm³/mol. The third kappa shape index (κ3) is 5.91. The molecule has 3 aliphatic rings. The lowest BCUT2D eigenvalue weighted by Crippen LogP contribution is -2.54. The Morgan fingerprint density at radius 1 is 0.980 bits per heavy atom. The summed E-state index contributed by atoms with van der Waals surface area (Å²) in [6.45, 7) is 7.33. The number of nitriles is 1. The molecule has 1 saturated carbocycles. The van der Waals surface area contributed by atoms with Gasteiger partial charge in [0.05, 0.1) is 28.3 Å². The van der Waals surface area contributed by atoms with Crippen LogP contribution in [0.15, 0.2) is 65.2 Å². The lowest BCUT2D eigenvalue weighted by atomic mass is 9.97. The molecule has 3 heterocycles. The van der Waals surface area contributed by atoms with Crippen LogP contribution >= 0.6 is 0 Å². The van der Waals surface area contributed by atoms with Crippen molar-refractivity contribution >= 4 is 40.7 Å². The maximum absolute atomic E-state index is 13.2. The molecule has 254 valence electrons. The average Bonchev–Trinajstić information content (AvgIpc) is 3.79. The molecule has 1 saturated heterocycles. The molecule has 2 aliphatic heterocycles. The Morgan fingerprint density at radius 2 is 1.74 bits per heavy atom. The van der Waals surface area contributed by atoms with E-state index in [1.165, 1.54) is 0 Å². The number of carbonyl (C=O) groups excluding carboxylic acids is 4. The van der Waals surface area contributed by atoms with Gasteiger partial charge in [0, 0.05) is 42.1 Å². The Balaban J connectivity index is 1.05. The van der Waals surface area contributed by atoms with E-state index >= 15 is 0 Å². The van der Waals surface area contributed by atoms with Crippen LogP contribution in [-0.4, -0.2) is 52.8 Å². The van der Waals surface area contributed by atoms with Crippen LogP contribution in [0.3, 0.4) is 0 Å². The average molecular weight is 671 g/mol. The van der Waals surface area contributed by atoms with E-state index in [1.54, 1.807) is 18.2 Å². The standard InChI is InChI=1S/C39H38N6O5/c1-23-6-7-26(35-24(2)43-50-25(35)3)20-33(23)44(29-11-8-27(9-12-29)39(22-40)16-17-39)19-5-4-18-41-28-10-13-30-31(21-28)38(49)45(37(30)48)32-14-15-34(46)42-36(32)47/h6-13,20-21,32,41H,4-5,14-19H2,1-3H3,(H,42,46,47). The number of benzene rings is 3. The van der Waals surface area contributed by atoms with Gasteiger partial charge in [-0.3, -0.25) is 29.4 Å². The van der Waals surface area contributed by atoms with Crippen molar-refractivity contribution < 1.29 is 23.7 Å². The van der Waals surface area contributed by atoms with Crippen molar-refractivity contribution in [1.82, 2.24) is 15.4 Å². The lowest BCUT2D eigenvalue weighted by Gasteiger charge is -2.28. The predicted octanol–water partition coefficient (Wildman–Crippen LogP) is 6.25. The molecule has 11 nitrogen and oxygen atoms in total. The zero-order chi connectivity index (χ0) is 35.2. The van der Waals surface area contributed by atoms with E-state index in [0.29, 0.717) is 12.2 Å². The maximum atomic E-state index is 13.2. The molecule has 1 atom stereocenters. The van der Waals surface area contributed by atoms with Gasteiger partial charge in [0.2, 0.25) is 11.8 Å². The molecular weight excluding hydrogens is 632 g/mol. The first-order chi connectivity index (χ1) is 24.1. The third-order valence-corrected chi connectivity index (χ3v) is 10.1. The number of nitrogens with zero attached hydrogens (tertiary/aromatic N) is 4. The number of anilines is 3. The first-order valence-corrected chi connectivity index (χ1v) is 17.0. The third-order valence-electron chi connectivity index (χ3n) is 10.1. The molecule has 1 aromatic heterocycles. The lowest BCUT2D eigenvalue weighted by molar-refractivity contribution is -0.136. The fourth-order valence-electron chi connectivity index (χ4n) is 7.10. The molecule has 11 heteroatoms. The van der Waals surface area contributed by atoms with Crippen LogP contribution in [-0.2, 0) is 15.0 Å². The van der Waals surface area contributed by atoms with Gasteiger partial charge in [-0.15, -0.1) is 0 Å². The van der Waals surface area contributed by atoms with Crippen LogP contribution in [0.2, 0.25) is 0 Å². The summed E-state index contributed by atoms with van der Waals surface area (Å²) in [6.07, 6.45) is 3.65. The number of imide groups is 2. The molecule has 1 unspecified atom stereocenters. The molecule has 3 aromatic carbocycles. The summed E-state index contributed by atoms with van der Waals surface area (Å²) >= 11 is 0. The van der Waals surface area contributed by atoms with Gasteiger partial charge >= 0.3 is 0 Å². The number of carbonyl (C=O) groups is 4. The van der Waals surface area contributed by atoms with Gasteiger partial charge in [0.15, 0.2) is 0 Å². The van der Waals surface area contributed by atoms with Crippen molar-refractivity contribution in [3.63, 3.8) is 0 Å². The Kier molecular flexibility index (Phi) is 8.48. The van der Waals surface area contributed by atoms with Crippen molar-refractivity contribution in [1.29, 1.82) is 5.26 Å². The smallest absolute Gasteiger partial charge is 0.262 e. The molecule has 7 rings (SSSR count). The Labute approximate surface area is 290 Å². The first-order valence-electron chi connectivity index (χ1n) is 17.0. The van der Waals surface area contributed by atoms with Crippen LogP contribution in [0, 0.1) is 32.1 Å². The van der Waals surface area contributed by atoms with E-state index in [2.05, 4.69) is 76.1 Å². The van der Waals surface area contributed by atoms with Crippen LogP contribution in [0.4, 0.5) is 17.1 Å². The highest BCUT2D eigenvalue weighted by atomic mass is 16.5. The molecular formula is C39H38N6O5. The van der Waals surface area contributed by atoms with Crippen molar-refractivity contribution in [2.75, 3.05) is 23.3 Å². The normalized spacial score (nSPS) is 17.7. The number of rotatable bonds is 11. The van der Waals surface area contributed by atoms with Gasteiger partial charge in [0.25, 0.3) is 11.8 Å². The Morgan fingerprint density at radius 3 is 2.42 bits per heavy atom. The molecule has 0 spiro atoms. The highest BCUT2D eigenvalue weighted by Crippen LogP contribution is 2.48. The minimum atomic E-state index is -0.995. The summed E-state index contributed by atoms with van der Waals surface area (Å²) in [7, 11) is 0. The number of nitrogens with one attached hydrogen (secondary N) is 2. The summed E-state index contributed by atoms with van der Waals surface area (Å²) in [4.78, 5) is 53.6. The van der Waals surface area contributed by atoms with Crippen molar-refractivity contribution in [2.45, 2.75) is 70.8 Å². The van der Waals surface area contributed by atoms with E-state index in [9.17, 15) is 24.4 Å². The molecule has 0 radical (unpaired) electrons. The fraction of sp³-hybridized carbons (Fsp3) is 0.333. The second kappa shape index (κ2) is 12.9. The molecule has 2 N–H and O–H groups in total. The van der Waals surface area contributed by atoms with E-state index in [4.69, 9.17) is 4.52 Å². The van der Waals surface area contributed by atoms with Crippen molar-refractivity contribution in [3.8, 4) is 17.2 Å². The summed E-state index contributed by atoms with van der Waals surface area (Å²) < 4.78 is 5.47. The number of hydrogen-bond donors (Lipinski definition) is 2. The number of unbranched alkanes of at least 4 members (excludes halogenated alkanes) is 1. The summed E-state index contributed by atoms with van der Waals surface area (Å²) in [5.41, 5.74) is 8.02. The van der Waals surface area contributed by atoms with Gasteiger partial charge in [-0.2, -0.15) is 5.26 Å². The first kappa shape index (κ1) is 32.8. The van der Waals surface area contributed by atoms with E-state index in [-0.39, 0.29) is 29.4 Å². The van der Waals surface area contributed by atoms with Crippen molar-refractivity contribution in [3.05, 3.63) is 94.4 Å². The number of amides is 4. The quantitative estimate of drug-likeness (QED) is 0.139. The Hall–Kier alpha value is -5.76. The highest BCUT2D eigenvalue weighted by molar-refractivity contribution is 6.23. The van der Waals surface area contributed by atoms with Crippen LogP contribution in [0.25, 0.3) is 11.1 Å². The summed E-state index contributed by atoms with van der Waals surface area (Å²) in [5, 5.41) is 19.5. The minimum absolute atomic E-state index is 0.0768. The highest BCUT2D eigenvalue weighted by Gasteiger charge is 2.45. The molecule has 4 aromatic rings. The molecule has 2 fully saturated rings. The molecule has 1 aliphatic carbocycles. The topological polar surface area (TPSA) is 149 Å². The molecule has 0 bridgehead atoms. The largest absolute Gasteiger partial charge is 0.385 e. The van der Waals surface area contributed by atoms with E-state index in [0.717, 1.165) is 82.2 Å². The number of piperidine rings is 1. The summed E-state index contributed by atoms with van der Waals surface area (Å²) in [5.74, 6) is -1.31. The summed E-state index contributed by atoms with van der Waals surface area (Å²) in [6, 6.07) is 21.3. The van der Waals surface area contributed by atoms with Gasteiger partial charge in [-0.1, -0.05) is 29.4 Å². The molecule has 4 amide bonds. The molecule has 50 heavy (non-hydrogen) atoms. The second-order valence-electron chi connectivity index (χ2n) is 13.4.